The summed E-state index contributed by atoms with van der Waals surface area (Å²) in [7, 11) is 0. The quantitative estimate of drug-likeness (QED) is 0.670. The molecular weight excluding hydrogens is 292 g/mol. The molecule has 0 bridgehead atoms. The SMILES string of the molecule is O=C(N[C@H]1c2ccccc2C[C@H]1O)c1ccc([N+](=O)[O-])s1. The van der Waals surface area contributed by atoms with Crippen molar-refractivity contribution in [2.24, 2.45) is 0 Å². The summed E-state index contributed by atoms with van der Waals surface area (Å²) in [5, 5.41) is 23.4. The molecule has 108 valence electrons. The highest BCUT2D eigenvalue weighted by atomic mass is 32.1. The van der Waals surface area contributed by atoms with Crippen molar-refractivity contribution in [3.8, 4) is 0 Å². The van der Waals surface area contributed by atoms with Gasteiger partial charge in [-0.1, -0.05) is 35.6 Å². The van der Waals surface area contributed by atoms with Crippen molar-refractivity contribution in [2.45, 2.75) is 18.6 Å². The zero-order chi connectivity index (χ0) is 15.0. The number of benzene rings is 1. The van der Waals surface area contributed by atoms with Crippen LogP contribution in [0.4, 0.5) is 5.00 Å². The third-order valence-electron chi connectivity index (χ3n) is 3.49. The second-order valence-electron chi connectivity index (χ2n) is 4.82. The van der Waals surface area contributed by atoms with Gasteiger partial charge >= 0.3 is 5.00 Å². The molecule has 0 aliphatic heterocycles. The summed E-state index contributed by atoms with van der Waals surface area (Å²) < 4.78 is 0. The fraction of sp³-hybridized carbons (Fsp3) is 0.214. The Morgan fingerprint density at radius 1 is 1.33 bits per heavy atom. The van der Waals surface area contributed by atoms with Gasteiger partial charge in [0.15, 0.2) is 0 Å². The number of nitrogens with zero attached hydrogens (tertiary/aromatic N) is 1. The van der Waals surface area contributed by atoms with Gasteiger partial charge in [0.05, 0.1) is 21.9 Å². The number of hydrogen-bond acceptors (Lipinski definition) is 5. The van der Waals surface area contributed by atoms with E-state index in [0.717, 1.165) is 22.5 Å². The maximum atomic E-state index is 12.2. The summed E-state index contributed by atoms with van der Waals surface area (Å²) >= 11 is 0.822. The number of aliphatic hydroxyl groups excluding tert-OH is 1. The molecule has 2 atom stereocenters. The topological polar surface area (TPSA) is 92.5 Å². The molecule has 7 heteroatoms. The molecule has 0 fully saturated rings. The molecule has 1 aliphatic rings. The number of aliphatic hydroxyl groups is 1. The van der Waals surface area contributed by atoms with Crippen LogP contribution >= 0.6 is 11.3 Å². The Balaban J connectivity index is 1.80. The number of carbonyl (C=O) groups is 1. The molecule has 1 heterocycles. The van der Waals surface area contributed by atoms with Crippen LogP contribution in [0.25, 0.3) is 0 Å². The zero-order valence-electron chi connectivity index (χ0n) is 10.9. The molecule has 1 aromatic carbocycles. The fourth-order valence-electron chi connectivity index (χ4n) is 2.51. The molecule has 2 aromatic rings. The van der Waals surface area contributed by atoms with E-state index in [-0.39, 0.29) is 9.88 Å². The fourth-order valence-corrected chi connectivity index (χ4v) is 3.23. The van der Waals surface area contributed by atoms with Gasteiger partial charge in [-0.25, -0.2) is 0 Å². The first-order valence-corrected chi connectivity index (χ1v) is 7.19. The van der Waals surface area contributed by atoms with E-state index in [1.54, 1.807) is 0 Å². The minimum atomic E-state index is -0.679. The Morgan fingerprint density at radius 3 is 2.81 bits per heavy atom. The van der Waals surface area contributed by atoms with Gasteiger partial charge in [-0.3, -0.25) is 14.9 Å². The number of amides is 1. The molecule has 2 N–H and O–H groups in total. The molecule has 0 spiro atoms. The maximum absolute atomic E-state index is 12.2. The minimum absolute atomic E-state index is 0.0764. The third kappa shape index (κ3) is 2.53. The first kappa shape index (κ1) is 13.7. The first-order chi connectivity index (χ1) is 10.1. The van der Waals surface area contributed by atoms with Crippen LogP contribution in [0.2, 0.25) is 0 Å². The summed E-state index contributed by atoms with van der Waals surface area (Å²) in [5.41, 5.74) is 1.90. The van der Waals surface area contributed by atoms with Crippen LogP contribution in [-0.2, 0) is 6.42 Å². The highest BCUT2D eigenvalue weighted by molar-refractivity contribution is 7.17. The highest BCUT2D eigenvalue weighted by Crippen LogP contribution is 2.32. The average molecular weight is 304 g/mol. The number of rotatable bonds is 3. The lowest BCUT2D eigenvalue weighted by atomic mass is 10.1. The van der Waals surface area contributed by atoms with Crippen molar-refractivity contribution >= 4 is 22.2 Å². The van der Waals surface area contributed by atoms with E-state index >= 15 is 0 Å². The second kappa shape index (κ2) is 5.27. The van der Waals surface area contributed by atoms with E-state index in [0.29, 0.717) is 6.42 Å². The molecule has 21 heavy (non-hydrogen) atoms. The van der Waals surface area contributed by atoms with Crippen molar-refractivity contribution in [3.05, 3.63) is 62.5 Å². The van der Waals surface area contributed by atoms with Crippen molar-refractivity contribution in [3.63, 3.8) is 0 Å². The van der Waals surface area contributed by atoms with E-state index in [4.69, 9.17) is 0 Å². The van der Waals surface area contributed by atoms with Gasteiger partial charge in [-0.2, -0.15) is 0 Å². The van der Waals surface area contributed by atoms with Gasteiger partial charge < -0.3 is 10.4 Å². The number of fused-ring (bicyclic) bond motifs is 1. The number of nitrogens with one attached hydrogen (secondary N) is 1. The highest BCUT2D eigenvalue weighted by Gasteiger charge is 2.32. The minimum Gasteiger partial charge on any atom is -0.390 e. The second-order valence-corrected chi connectivity index (χ2v) is 5.88. The van der Waals surface area contributed by atoms with Crippen LogP contribution in [-0.4, -0.2) is 22.0 Å². The Hall–Kier alpha value is -2.25. The first-order valence-electron chi connectivity index (χ1n) is 6.37. The summed E-state index contributed by atoms with van der Waals surface area (Å²) in [6.07, 6.45) is -0.188. The van der Waals surface area contributed by atoms with E-state index in [1.165, 1.54) is 12.1 Å². The van der Waals surface area contributed by atoms with Gasteiger partial charge in [-0.05, 0) is 17.2 Å². The lowest BCUT2D eigenvalue weighted by Crippen LogP contribution is -2.33. The van der Waals surface area contributed by atoms with E-state index in [9.17, 15) is 20.0 Å². The largest absolute Gasteiger partial charge is 0.390 e. The lowest BCUT2D eigenvalue weighted by Gasteiger charge is -2.17. The molecule has 1 aromatic heterocycles. The smallest absolute Gasteiger partial charge is 0.324 e. The predicted molar refractivity (Wildman–Crippen MR) is 77.3 cm³/mol. The number of carbonyl (C=O) groups excluding carboxylic acids is 1. The maximum Gasteiger partial charge on any atom is 0.324 e. The Bertz CT molecular complexity index is 713. The predicted octanol–water partition coefficient (Wildman–Crippen LogP) is 2.04. The van der Waals surface area contributed by atoms with Crippen LogP contribution in [0.3, 0.4) is 0 Å². The molecule has 1 aliphatic carbocycles. The van der Waals surface area contributed by atoms with Crippen LogP contribution in [0, 0.1) is 10.1 Å². The number of hydrogen-bond donors (Lipinski definition) is 2. The summed E-state index contributed by atoms with van der Waals surface area (Å²) in [6.45, 7) is 0. The third-order valence-corrected chi connectivity index (χ3v) is 4.52. The number of thiophene rings is 1. The molecule has 0 saturated carbocycles. The normalized spacial score (nSPS) is 20.0. The van der Waals surface area contributed by atoms with Crippen LogP contribution in [0.1, 0.15) is 26.8 Å². The molecule has 1 amide bonds. The van der Waals surface area contributed by atoms with Crippen molar-refractivity contribution in [2.75, 3.05) is 0 Å². The van der Waals surface area contributed by atoms with Gasteiger partial charge in [0, 0.05) is 12.5 Å². The molecule has 0 radical (unpaired) electrons. The van der Waals surface area contributed by atoms with Crippen molar-refractivity contribution in [1.82, 2.24) is 5.32 Å². The van der Waals surface area contributed by atoms with Crippen LogP contribution in [0.5, 0.6) is 0 Å². The summed E-state index contributed by atoms with van der Waals surface area (Å²) in [6, 6.07) is 9.78. The van der Waals surface area contributed by atoms with Gasteiger partial charge in [0.2, 0.25) is 0 Å². The van der Waals surface area contributed by atoms with Crippen molar-refractivity contribution < 1.29 is 14.8 Å². The Labute approximate surface area is 124 Å². The summed E-state index contributed by atoms with van der Waals surface area (Å²) in [5.74, 6) is -0.408. The average Bonchev–Trinajstić information content (AvgIpc) is 3.05. The van der Waals surface area contributed by atoms with E-state index < -0.39 is 23.0 Å². The van der Waals surface area contributed by atoms with Crippen LogP contribution < -0.4 is 5.32 Å². The molecule has 6 nitrogen and oxygen atoms in total. The molecular formula is C14H12N2O4S. The Morgan fingerprint density at radius 2 is 2.10 bits per heavy atom. The van der Waals surface area contributed by atoms with Gasteiger partial charge in [0.1, 0.15) is 0 Å². The number of nitro groups is 1. The zero-order valence-corrected chi connectivity index (χ0v) is 11.7. The standard InChI is InChI=1S/C14H12N2O4S/c17-10-7-8-3-1-2-4-9(8)13(10)15-14(18)11-5-6-12(21-11)16(19)20/h1-6,10,13,17H,7H2,(H,15,18)/t10-,13+/m1/s1. The van der Waals surface area contributed by atoms with E-state index in [1.807, 2.05) is 24.3 Å². The molecule has 3 rings (SSSR count). The lowest BCUT2D eigenvalue weighted by molar-refractivity contribution is -0.380. The van der Waals surface area contributed by atoms with E-state index in [2.05, 4.69) is 5.32 Å². The monoisotopic (exact) mass is 304 g/mol. The molecule has 0 saturated heterocycles. The summed E-state index contributed by atoms with van der Waals surface area (Å²) in [4.78, 5) is 22.5. The van der Waals surface area contributed by atoms with Gasteiger partial charge in [0.25, 0.3) is 5.91 Å². The van der Waals surface area contributed by atoms with Gasteiger partial charge in [-0.15, -0.1) is 0 Å². The Kier molecular flexibility index (Phi) is 3.44. The van der Waals surface area contributed by atoms with Crippen molar-refractivity contribution in [1.29, 1.82) is 0 Å². The molecule has 0 unspecified atom stereocenters. The van der Waals surface area contributed by atoms with Crippen LogP contribution in [0.15, 0.2) is 36.4 Å².